The number of halogens is 2. The lowest BCUT2D eigenvalue weighted by Crippen LogP contribution is -2.30. The number of amides is 1. The summed E-state index contributed by atoms with van der Waals surface area (Å²) >= 11 is 12.1. The van der Waals surface area contributed by atoms with E-state index in [9.17, 15) is 4.79 Å². The third kappa shape index (κ3) is 4.45. The third-order valence-corrected chi connectivity index (χ3v) is 4.68. The number of nitrogens with zero attached hydrogens (tertiary/aromatic N) is 2. The minimum atomic E-state index is -0.193. The molecule has 134 valence electrons. The van der Waals surface area contributed by atoms with Crippen LogP contribution in [0.1, 0.15) is 34.5 Å². The summed E-state index contributed by atoms with van der Waals surface area (Å²) in [5, 5.41) is 0.942. The molecule has 6 heteroatoms. The van der Waals surface area contributed by atoms with E-state index in [2.05, 4.69) is 4.98 Å². The lowest BCUT2D eigenvalue weighted by molar-refractivity contribution is 0.0693. The van der Waals surface area contributed by atoms with Gasteiger partial charge in [0, 0.05) is 19.2 Å². The quantitative estimate of drug-likeness (QED) is 0.568. The molecule has 3 rings (SSSR count). The molecule has 3 aromatic rings. The summed E-state index contributed by atoms with van der Waals surface area (Å²) in [5.41, 5.74) is 1.68. The molecule has 0 fully saturated rings. The summed E-state index contributed by atoms with van der Waals surface area (Å²) in [7, 11) is 0. The van der Waals surface area contributed by atoms with Crippen molar-refractivity contribution in [2.45, 2.75) is 26.4 Å². The van der Waals surface area contributed by atoms with Crippen LogP contribution in [0.4, 0.5) is 0 Å². The van der Waals surface area contributed by atoms with E-state index in [0.29, 0.717) is 28.9 Å². The number of pyridine rings is 1. The van der Waals surface area contributed by atoms with Crippen molar-refractivity contribution in [2.24, 2.45) is 0 Å². The smallest absolute Gasteiger partial charge is 0.290 e. The molecule has 0 aliphatic heterocycles. The van der Waals surface area contributed by atoms with Crippen LogP contribution in [0.15, 0.2) is 59.1 Å². The topological polar surface area (TPSA) is 46.3 Å². The van der Waals surface area contributed by atoms with Gasteiger partial charge in [0.05, 0.1) is 22.3 Å². The zero-order valence-corrected chi connectivity index (χ0v) is 15.8. The third-order valence-electron chi connectivity index (χ3n) is 3.94. The summed E-state index contributed by atoms with van der Waals surface area (Å²) in [6.45, 7) is 2.71. The first-order chi connectivity index (χ1) is 12.6. The molecule has 0 radical (unpaired) electrons. The molecular weight excluding hydrogens is 371 g/mol. The summed E-state index contributed by atoms with van der Waals surface area (Å²) in [5.74, 6) is 0.903. The maximum Gasteiger partial charge on any atom is 0.290 e. The molecule has 4 nitrogen and oxygen atoms in total. The van der Waals surface area contributed by atoms with Crippen molar-refractivity contribution in [3.63, 3.8) is 0 Å². The molecule has 1 aromatic carbocycles. The van der Waals surface area contributed by atoms with Crippen LogP contribution in [-0.4, -0.2) is 15.8 Å². The highest BCUT2D eigenvalue weighted by Gasteiger charge is 2.20. The van der Waals surface area contributed by atoms with E-state index in [4.69, 9.17) is 27.6 Å². The first-order valence-electron chi connectivity index (χ1n) is 8.28. The van der Waals surface area contributed by atoms with Crippen molar-refractivity contribution in [3.05, 3.63) is 87.6 Å². The van der Waals surface area contributed by atoms with E-state index in [-0.39, 0.29) is 5.91 Å². The lowest BCUT2D eigenvalue weighted by atomic mass is 10.2. The molecule has 0 unspecified atom stereocenters. The first kappa shape index (κ1) is 18.5. The molecule has 0 spiro atoms. The van der Waals surface area contributed by atoms with Crippen molar-refractivity contribution < 1.29 is 9.21 Å². The van der Waals surface area contributed by atoms with Gasteiger partial charge in [-0.15, -0.1) is 0 Å². The van der Waals surface area contributed by atoms with Crippen LogP contribution < -0.4 is 0 Å². The molecule has 2 heterocycles. The van der Waals surface area contributed by atoms with Gasteiger partial charge >= 0.3 is 0 Å². The van der Waals surface area contributed by atoms with Crippen molar-refractivity contribution in [2.75, 3.05) is 0 Å². The number of rotatable bonds is 6. The second kappa shape index (κ2) is 8.39. The fourth-order valence-electron chi connectivity index (χ4n) is 2.58. The molecule has 0 saturated carbocycles. The second-order valence-electron chi connectivity index (χ2n) is 5.85. The SMILES string of the molecule is CCc1ccc(C(=O)N(Cc2ccc(Cl)c(Cl)c2)Cc2ccccn2)o1. The molecule has 0 bridgehead atoms. The van der Waals surface area contributed by atoms with Gasteiger partial charge in [-0.05, 0) is 42.0 Å². The Labute approximate surface area is 162 Å². The average molecular weight is 389 g/mol. The summed E-state index contributed by atoms with van der Waals surface area (Å²) in [4.78, 5) is 19.0. The van der Waals surface area contributed by atoms with E-state index in [1.807, 2.05) is 37.3 Å². The highest BCUT2D eigenvalue weighted by atomic mass is 35.5. The van der Waals surface area contributed by atoms with E-state index in [1.165, 1.54) is 0 Å². The maximum absolute atomic E-state index is 13.0. The van der Waals surface area contributed by atoms with E-state index < -0.39 is 0 Å². The zero-order valence-electron chi connectivity index (χ0n) is 14.3. The van der Waals surface area contributed by atoms with Crippen molar-refractivity contribution in [3.8, 4) is 0 Å². The Hall–Kier alpha value is -2.30. The fourth-order valence-corrected chi connectivity index (χ4v) is 2.90. The second-order valence-corrected chi connectivity index (χ2v) is 6.66. The number of carbonyl (C=O) groups excluding carboxylic acids is 1. The van der Waals surface area contributed by atoms with Gasteiger partial charge in [-0.25, -0.2) is 0 Å². The molecule has 0 atom stereocenters. The van der Waals surface area contributed by atoms with Gasteiger partial charge in [-0.1, -0.05) is 42.3 Å². The van der Waals surface area contributed by atoms with Crippen molar-refractivity contribution in [1.82, 2.24) is 9.88 Å². The summed E-state index contributed by atoms with van der Waals surface area (Å²) in [6, 6.07) is 14.5. The number of benzene rings is 1. The Balaban J connectivity index is 1.87. The number of hydrogen-bond acceptors (Lipinski definition) is 3. The average Bonchev–Trinajstić information content (AvgIpc) is 3.14. The maximum atomic E-state index is 13.0. The van der Waals surface area contributed by atoms with E-state index in [1.54, 1.807) is 29.3 Å². The Morgan fingerprint density at radius 2 is 1.92 bits per heavy atom. The zero-order chi connectivity index (χ0) is 18.5. The molecular formula is C20H18Cl2N2O2. The fraction of sp³-hybridized carbons (Fsp3) is 0.200. The van der Waals surface area contributed by atoms with E-state index >= 15 is 0 Å². The van der Waals surface area contributed by atoms with Gasteiger partial charge in [-0.2, -0.15) is 0 Å². The molecule has 0 saturated heterocycles. The van der Waals surface area contributed by atoms with Crippen LogP contribution in [-0.2, 0) is 19.5 Å². The first-order valence-corrected chi connectivity index (χ1v) is 9.04. The van der Waals surface area contributed by atoms with Crippen LogP contribution >= 0.6 is 23.2 Å². The minimum absolute atomic E-state index is 0.193. The Morgan fingerprint density at radius 1 is 1.08 bits per heavy atom. The van der Waals surface area contributed by atoms with Crippen LogP contribution in [0.2, 0.25) is 10.0 Å². The number of aromatic nitrogens is 1. The summed E-state index contributed by atoms with van der Waals surface area (Å²) in [6.07, 6.45) is 2.44. The monoisotopic (exact) mass is 388 g/mol. The van der Waals surface area contributed by atoms with E-state index in [0.717, 1.165) is 23.4 Å². The summed E-state index contributed by atoms with van der Waals surface area (Å²) < 4.78 is 5.64. The molecule has 0 aliphatic carbocycles. The van der Waals surface area contributed by atoms with Crippen molar-refractivity contribution in [1.29, 1.82) is 0 Å². The van der Waals surface area contributed by atoms with Crippen molar-refractivity contribution >= 4 is 29.1 Å². The van der Waals surface area contributed by atoms with Crippen LogP contribution in [0.25, 0.3) is 0 Å². The van der Waals surface area contributed by atoms with Gasteiger partial charge in [0.2, 0.25) is 0 Å². The normalized spacial score (nSPS) is 10.7. The number of hydrogen-bond donors (Lipinski definition) is 0. The largest absolute Gasteiger partial charge is 0.456 e. The molecule has 0 aliphatic rings. The minimum Gasteiger partial charge on any atom is -0.456 e. The molecule has 1 amide bonds. The standard InChI is InChI=1S/C20H18Cl2N2O2/c1-2-16-7-9-19(26-16)20(25)24(13-15-5-3-4-10-23-15)12-14-6-8-17(21)18(22)11-14/h3-11H,2,12-13H2,1H3. The molecule has 2 aromatic heterocycles. The number of aryl methyl sites for hydroxylation is 1. The van der Waals surface area contributed by atoms with Gasteiger partial charge in [-0.3, -0.25) is 9.78 Å². The highest BCUT2D eigenvalue weighted by molar-refractivity contribution is 6.42. The Kier molecular flexibility index (Phi) is 5.96. The predicted octanol–water partition coefficient (Wildman–Crippen LogP) is 5.39. The van der Waals surface area contributed by atoms with Gasteiger partial charge in [0.1, 0.15) is 5.76 Å². The van der Waals surface area contributed by atoms with Crippen LogP contribution in [0.5, 0.6) is 0 Å². The van der Waals surface area contributed by atoms with Crippen LogP contribution in [0.3, 0.4) is 0 Å². The molecule has 26 heavy (non-hydrogen) atoms. The Morgan fingerprint density at radius 3 is 2.58 bits per heavy atom. The predicted molar refractivity (Wildman–Crippen MR) is 102 cm³/mol. The number of furan rings is 1. The van der Waals surface area contributed by atoms with Gasteiger partial charge in [0.25, 0.3) is 5.91 Å². The highest BCUT2D eigenvalue weighted by Crippen LogP contribution is 2.24. The number of carbonyl (C=O) groups is 1. The Bertz CT molecular complexity index is 894. The van der Waals surface area contributed by atoms with Crippen LogP contribution in [0, 0.1) is 0 Å². The molecule has 0 N–H and O–H groups in total. The van der Waals surface area contributed by atoms with Gasteiger partial charge in [0.15, 0.2) is 5.76 Å². The lowest BCUT2D eigenvalue weighted by Gasteiger charge is -2.22. The van der Waals surface area contributed by atoms with Gasteiger partial charge < -0.3 is 9.32 Å².